The van der Waals surface area contributed by atoms with E-state index in [1.165, 1.54) is 83.2 Å². The number of aromatic nitrogens is 2. The molecular weight excluding hydrogens is 621 g/mol. The number of para-hydroxylation sites is 1. The van der Waals surface area contributed by atoms with Gasteiger partial charge in [0.1, 0.15) is 11.9 Å². The van der Waals surface area contributed by atoms with E-state index in [4.69, 9.17) is 4.74 Å². The predicted molar refractivity (Wildman–Crippen MR) is 212 cm³/mol. The SMILES string of the molecule is C1=CC2=C(CC1)C1C=C(n3c4c(c5ccc(-c6ccc7c(c6)c6ccccc6n7-c6ccc(-c7ccccc7)cc6)cc53)CCC=C4)C=CC1O2. The lowest BCUT2D eigenvalue weighted by molar-refractivity contribution is 0.174. The van der Waals surface area contributed by atoms with Crippen molar-refractivity contribution in [2.45, 2.75) is 31.8 Å². The number of aryl methyl sites for hydroxylation is 1. The van der Waals surface area contributed by atoms with Gasteiger partial charge in [-0.05, 0) is 126 Å². The van der Waals surface area contributed by atoms with Gasteiger partial charge in [0.15, 0.2) is 0 Å². The average Bonchev–Trinajstić information content (AvgIpc) is 3.85. The van der Waals surface area contributed by atoms with Crippen molar-refractivity contribution in [1.29, 1.82) is 0 Å². The van der Waals surface area contributed by atoms with Crippen LogP contribution in [0.15, 0.2) is 163 Å². The summed E-state index contributed by atoms with van der Waals surface area (Å²) in [6.45, 7) is 0. The molecule has 11 rings (SSSR count). The summed E-state index contributed by atoms with van der Waals surface area (Å²) in [5.74, 6) is 1.38. The van der Waals surface area contributed by atoms with E-state index in [9.17, 15) is 0 Å². The van der Waals surface area contributed by atoms with E-state index >= 15 is 0 Å². The number of nitrogens with zero attached hydrogens (tertiary/aromatic N) is 2. The highest BCUT2D eigenvalue weighted by Crippen LogP contribution is 2.44. The Morgan fingerprint density at radius 3 is 2.22 bits per heavy atom. The molecule has 2 unspecified atom stereocenters. The van der Waals surface area contributed by atoms with E-state index in [-0.39, 0.29) is 6.10 Å². The van der Waals surface area contributed by atoms with Crippen molar-refractivity contribution in [3.8, 4) is 27.9 Å². The first-order chi connectivity index (χ1) is 25.3. The summed E-state index contributed by atoms with van der Waals surface area (Å²) in [6, 6.07) is 42.5. The number of hydrogen-bond acceptors (Lipinski definition) is 1. The molecule has 0 saturated carbocycles. The minimum Gasteiger partial charge on any atom is -0.485 e. The van der Waals surface area contributed by atoms with Crippen LogP contribution in [0.2, 0.25) is 0 Å². The minimum absolute atomic E-state index is 0.0981. The van der Waals surface area contributed by atoms with Gasteiger partial charge >= 0.3 is 0 Å². The largest absolute Gasteiger partial charge is 0.485 e. The number of rotatable bonds is 4. The fraction of sp³-hybridized carbons (Fsp3) is 0.125. The lowest BCUT2D eigenvalue weighted by Crippen LogP contribution is -2.19. The summed E-state index contributed by atoms with van der Waals surface area (Å²) in [5, 5.41) is 3.89. The normalized spacial score (nSPS) is 19.0. The van der Waals surface area contributed by atoms with Gasteiger partial charge in [-0.15, -0.1) is 0 Å². The van der Waals surface area contributed by atoms with E-state index in [2.05, 4.69) is 167 Å². The van der Waals surface area contributed by atoms with Crippen molar-refractivity contribution >= 4 is 44.5 Å². The van der Waals surface area contributed by atoms with Crippen molar-refractivity contribution in [3.05, 3.63) is 174 Å². The first kappa shape index (κ1) is 28.7. The van der Waals surface area contributed by atoms with E-state index in [0.29, 0.717) is 5.92 Å². The maximum Gasteiger partial charge on any atom is 0.127 e. The molecule has 244 valence electrons. The van der Waals surface area contributed by atoms with Gasteiger partial charge in [0.05, 0.1) is 16.6 Å². The molecule has 0 fully saturated rings. The highest BCUT2D eigenvalue weighted by Gasteiger charge is 2.36. The van der Waals surface area contributed by atoms with Crippen LogP contribution in [0.25, 0.3) is 72.4 Å². The third-order valence-corrected chi connectivity index (χ3v) is 11.4. The van der Waals surface area contributed by atoms with E-state index < -0.39 is 0 Å². The Hall–Kier alpha value is -6.06. The van der Waals surface area contributed by atoms with Crippen LogP contribution < -0.4 is 0 Å². The maximum absolute atomic E-state index is 6.37. The molecule has 3 heteroatoms. The Morgan fingerprint density at radius 1 is 0.549 bits per heavy atom. The molecule has 3 nitrogen and oxygen atoms in total. The Bertz CT molecular complexity index is 2710. The van der Waals surface area contributed by atoms with Crippen LogP contribution in [0, 0.1) is 5.92 Å². The summed E-state index contributed by atoms with van der Waals surface area (Å²) in [4.78, 5) is 0. The number of ether oxygens (including phenoxy) is 1. The second-order valence-corrected chi connectivity index (χ2v) is 14.3. The van der Waals surface area contributed by atoms with Gasteiger partial charge < -0.3 is 13.9 Å². The molecule has 4 aliphatic rings. The molecular formula is C48H36N2O. The lowest BCUT2D eigenvalue weighted by atomic mass is 9.86. The van der Waals surface area contributed by atoms with Crippen molar-refractivity contribution in [3.63, 3.8) is 0 Å². The fourth-order valence-corrected chi connectivity index (χ4v) is 9.02. The van der Waals surface area contributed by atoms with Gasteiger partial charge in [0.25, 0.3) is 0 Å². The van der Waals surface area contributed by atoms with Crippen LogP contribution in [0.3, 0.4) is 0 Å². The molecule has 0 bridgehead atoms. The summed E-state index contributed by atoms with van der Waals surface area (Å²) in [5.41, 5.74) is 15.3. The van der Waals surface area contributed by atoms with E-state index in [1.807, 2.05) is 0 Å². The van der Waals surface area contributed by atoms with Gasteiger partial charge in [0, 0.05) is 39.2 Å². The standard InChI is InChI=1S/C48H36N2O/c1-2-10-31(11-3-1)32-18-22-35(23-19-32)49-44-16-8-5-13-38(44)41-28-33(21-26-45(41)49)34-20-25-39-37-12-4-7-15-43(37)50(46(39)29-34)36-24-27-48-42(30-36)40-14-6-9-17-47(40)51-48/h1-3,5,7-11,13,15-30,42,48H,4,6,12,14H2. The monoisotopic (exact) mass is 656 g/mol. The minimum atomic E-state index is 0.0981. The summed E-state index contributed by atoms with van der Waals surface area (Å²) < 4.78 is 11.3. The van der Waals surface area contributed by atoms with Crippen LogP contribution in [0.4, 0.5) is 0 Å². The Kier molecular flexibility index (Phi) is 6.33. The van der Waals surface area contributed by atoms with Crippen LogP contribution >= 0.6 is 0 Å². The van der Waals surface area contributed by atoms with E-state index in [0.717, 1.165) is 31.4 Å². The molecule has 0 N–H and O–H groups in total. The smallest absolute Gasteiger partial charge is 0.127 e. The van der Waals surface area contributed by atoms with Gasteiger partial charge in [-0.3, -0.25) is 0 Å². The first-order valence-corrected chi connectivity index (χ1v) is 18.3. The molecule has 7 aromatic rings. The molecule has 3 heterocycles. The highest BCUT2D eigenvalue weighted by molar-refractivity contribution is 6.10. The van der Waals surface area contributed by atoms with Crippen molar-refractivity contribution in [2.75, 3.05) is 0 Å². The Balaban J connectivity index is 1.04. The zero-order valence-corrected chi connectivity index (χ0v) is 28.3. The maximum atomic E-state index is 6.37. The second kappa shape index (κ2) is 11.2. The van der Waals surface area contributed by atoms with Crippen LogP contribution in [0.1, 0.15) is 30.5 Å². The zero-order valence-electron chi connectivity index (χ0n) is 28.3. The molecule has 1 aliphatic heterocycles. The highest BCUT2D eigenvalue weighted by atomic mass is 16.5. The second-order valence-electron chi connectivity index (χ2n) is 14.3. The molecule has 0 amide bonds. The first-order valence-electron chi connectivity index (χ1n) is 18.3. The van der Waals surface area contributed by atoms with Gasteiger partial charge in [-0.2, -0.15) is 0 Å². The molecule has 2 aromatic heterocycles. The number of hydrogen-bond donors (Lipinski definition) is 0. The van der Waals surface area contributed by atoms with Crippen molar-refractivity contribution < 1.29 is 4.74 Å². The molecule has 0 spiro atoms. The molecule has 3 aliphatic carbocycles. The number of allylic oxidation sites excluding steroid dienone is 5. The predicted octanol–water partition coefficient (Wildman–Crippen LogP) is 12.1. The summed E-state index contributed by atoms with van der Waals surface area (Å²) in [7, 11) is 0. The summed E-state index contributed by atoms with van der Waals surface area (Å²) in [6.07, 6.45) is 20.5. The Morgan fingerprint density at radius 2 is 1.29 bits per heavy atom. The third kappa shape index (κ3) is 4.44. The molecule has 51 heavy (non-hydrogen) atoms. The average molecular weight is 657 g/mol. The zero-order chi connectivity index (χ0) is 33.5. The lowest BCUT2D eigenvalue weighted by Gasteiger charge is -2.23. The summed E-state index contributed by atoms with van der Waals surface area (Å²) >= 11 is 0. The van der Waals surface area contributed by atoms with Gasteiger partial charge in [-0.25, -0.2) is 0 Å². The topological polar surface area (TPSA) is 19.1 Å². The Labute approximate surface area is 297 Å². The molecule has 0 saturated heterocycles. The molecule has 5 aromatic carbocycles. The van der Waals surface area contributed by atoms with Gasteiger partial charge in [0.2, 0.25) is 0 Å². The quantitative estimate of drug-likeness (QED) is 0.184. The van der Waals surface area contributed by atoms with Crippen LogP contribution in [0.5, 0.6) is 0 Å². The molecule has 2 atom stereocenters. The third-order valence-electron chi connectivity index (χ3n) is 11.4. The molecule has 0 radical (unpaired) electrons. The number of fused-ring (bicyclic) bond motifs is 8. The van der Waals surface area contributed by atoms with E-state index in [1.54, 1.807) is 0 Å². The fourth-order valence-electron chi connectivity index (χ4n) is 9.02. The van der Waals surface area contributed by atoms with Gasteiger partial charge in [-0.1, -0.05) is 91.0 Å². The van der Waals surface area contributed by atoms with Crippen molar-refractivity contribution in [1.82, 2.24) is 9.13 Å². The van der Waals surface area contributed by atoms with Crippen LogP contribution in [-0.2, 0) is 11.2 Å². The van der Waals surface area contributed by atoms with Crippen LogP contribution in [-0.4, -0.2) is 15.2 Å². The van der Waals surface area contributed by atoms with Crippen molar-refractivity contribution in [2.24, 2.45) is 5.92 Å². The number of benzene rings is 5.